The maximum absolute atomic E-state index is 12.9. The summed E-state index contributed by atoms with van der Waals surface area (Å²) in [6.45, 7) is 2.38. The van der Waals surface area contributed by atoms with Gasteiger partial charge in [0.25, 0.3) is 5.91 Å². The number of hydrogen-bond donors (Lipinski definition) is 1. The van der Waals surface area contributed by atoms with Gasteiger partial charge in [0.15, 0.2) is 14.9 Å². The molecule has 1 fully saturated rings. The fourth-order valence-electron chi connectivity index (χ4n) is 2.64. The molecule has 0 unspecified atom stereocenters. The lowest BCUT2D eigenvalue weighted by molar-refractivity contribution is 0.0487. The Morgan fingerprint density at radius 3 is 2.64 bits per heavy atom. The normalized spacial score (nSPS) is 14.6. The first-order chi connectivity index (χ1) is 11.9. The van der Waals surface area contributed by atoms with Crippen LogP contribution in [0.3, 0.4) is 0 Å². The Morgan fingerprint density at radius 2 is 1.96 bits per heavy atom. The molecule has 0 spiro atoms. The predicted octanol–water partition coefficient (Wildman–Crippen LogP) is 1.06. The largest absolute Gasteiger partial charge is 0.385 e. The number of amides is 1. The molecule has 1 N–H and O–H groups in total. The van der Waals surface area contributed by atoms with E-state index in [1.165, 1.54) is 17.1 Å². The van der Waals surface area contributed by atoms with Gasteiger partial charge in [-0.1, -0.05) is 12.1 Å². The van der Waals surface area contributed by atoms with Crippen LogP contribution in [-0.4, -0.2) is 69.1 Å². The van der Waals surface area contributed by atoms with Gasteiger partial charge in [0.1, 0.15) is 0 Å². The van der Waals surface area contributed by atoms with Gasteiger partial charge < -0.3 is 10.1 Å². The number of hydrogen-bond acceptors (Lipinski definition) is 5. The Morgan fingerprint density at radius 1 is 1.28 bits per heavy atom. The maximum atomic E-state index is 12.9. The van der Waals surface area contributed by atoms with Gasteiger partial charge in [-0.15, -0.1) is 0 Å². The number of rotatable bonds is 6. The average Bonchev–Trinajstić information content (AvgIpc) is 3.07. The molecule has 1 aromatic carbocycles. The van der Waals surface area contributed by atoms with Crippen LogP contribution in [0.15, 0.2) is 29.2 Å². The highest BCUT2D eigenvalue weighted by molar-refractivity contribution is 7.90. The van der Waals surface area contributed by atoms with Crippen LogP contribution in [0.25, 0.3) is 0 Å². The van der Waals surface area contributed by atoms with Crippen molar-refractivity contribution < 1.29 is 17.9 Å². The second-order valence-corrected chi connectivity index (χ2v) is 8.12. The molecular formula is C16H23N3O4S2. The molecule has 1 aliphatic rings. The molecule has 9 heteroatoms. The number of hydrazine groups is 1. The molecule has 0 radical (unpaired) electrons. The van der Waals surface area contributed by atoms with Crippen molar-refractivity contribution in [3.8, 4) is 0 Å². The molecular weight excluding hydrogens is 362 g/mol. The minimum atomic E-state index is -3.49. The number of carbonyl (C=O) groups excluding carboxylic acids is 1. The molecule has 0 aliphatic carbocycles. The number of nitrogens with one attached hydrogen (secondary N) is 1. The van der Waals surface area contributed by atoms with Crippen molar-refractivity contribution in [1.82, 2.24) is 15.3 Å². The first kappa shape index (κ1) is 19.6. The third-order valence-corrected chi connectivity index (χ3v) is 5.33. The van der Waals surface area contributed by atoms with Gasteiger partial charge in [-0.2, -0.15) is 0 Å². The summed E-state index contributed by atoms with van der Waals surface area (Å²) in [5, 5.41) is 6.77. The summed E-state index contributed by atoms with van der Waals surface area (Å²) in [4.78, 5) is 13.0. The molecule has 1 saturated heterocycles. The molecule has 0 atom stereocenters. The monoisotopic (exact) mass is 385 g/mol. The number of carbonyl (C=O) groups is 1. The Kier molecular flexibility index (Phi) is 6.74. The molecule has 1 heterocycles. The van der Waals surface area contributed by atoms with Crippen molar-refractivity contribution in [2.24, 2.45) is 0 Å². The van der Waals surface area contributed by atoms with Crippen molar-refractivity contribution in [2.75, 3.05) is 39.6 Å². The molecule has 0 aromatic heterocycles. The van der Waals surface area contributed by atoms with E-state index in [9.17, 15) is 13.2 Å². The Balaban J connectivity index is 2.15. The summed E-state index contributed by atoms with van der Waals surface area (Å²) in [7, 11) is -1.86. The zero-order valence-electron chi connectivity index (χ0n) is 14.4. The number of benzene rings is 1. The van der Waals surface area contributed by atoms with Crippen LogP contribution in [0.1, 0.15) is 23.2 Å². The van der Waals surface area contributed by atoms with Gasteiger partial charge in [-0.25, -0.2) is 13.4 Å². The molecule has 25 heavy (non-hydrogen) atoms. The maximum Gasteiger partial charge on any atom is 0.273 e. The van der Waals surface area contributed by atoms with Crippen molar-refractivity contribution in [1.29, 1.82) is 0 Å². The fraction of sp³-hybridized carbons (Fsp3) is 0.500. The third-order valence-electron chi connectivity index (χ3n) is 3.82. The first-order valence-electron chi connectivity index (χ1n) is 8.01. The molecule has 0 bridgehead atoms. The van der Waals surface area contributed by atoms with Crippen LogP contribution in [0.4, 0.5) is 0 Å². The second kappa shape index (κ2) is 8.59. The minimum absolute atomic E-state index is 0.0332. The third kappa shape index (κ3) is 4.90. The highest BCUT2D eigenvalue weighted by atomic mass is 32.2. The minimum Gasteiger partial charge on any atom is -0.385 e. The van der Waals surface area contributed by atoms with Crippen molar-refractivity contribution in [3.05, 3.63) is 29.8 Å². The van der Waals surface area contributed by atoms with E-state index >= 15 is 0 Å². The quantitative estimate of drug-likeness (QED) is 0.579. The van der Waals surface area contributed by atoms with E-state index in [0.717, 1.165) is 19.1 Å². The van der Waals surface area contributed by atoms with Gasteiger partial charge in [0.05, 0.1) is 10.5 Å². The number of sulfone groups is 1. The number of ether oxygens (including phenoxy) is 1. The standard InChI is InChI=1S/C16H23N3O4S2/c1-23-12-5-9-17-16(24)19-11-6-10-18(19)15(20)13-7-3-4-8-14(13)25(2,21)22/h3-4,7-8H,5-6,9-12H2,1-2H3,(H,17,24). The summed E-state index contributed by atoms with van der Waals surface area (Å²) in [5.41, 5.74) is 0.166. The van der Waals surface area contributed by atoms with Gasteiger partial charge in [0, 0.05) is 39.6 Å². The zero-order valence-corrected chi connectivity index (χ0v) is 16.0. The average molecular weight is 386 g/mol. The van der Waals surface area contributed by atoms with Crippen LogP contribution in [-0.2, 0) is 14.6 Å². The Bertz CT molecular complexity index is 737. The number of methoxy groups -OCH3 is 1. The molecule has 138 valence electrons. The Labute approximate surface area is 153 Å². The summed E-state index contributed by atoms with van der Waals surface area (Å²) >= 11 is 5.38. The van der Waals surface area contributed by atoms with E-state index < -0.39 is 9.84 Å². The smallest absolute Gasteiger partial charge is 0.273 e. The van der Waals surface area contributed by atoms with Crippen LogP contribution in [0, 0.1) is 0 Å². The molecule has 1 aliphatic heterocycles. The van der Waals surface area contributed by atoms with Gasteiger partial charge in [0.2, 0.25) is 0 Å². The number of nitrogens with zero attached hydrogens (tertiary/aromatic N) is 2. The van der Waals surface area contributed by atoms with Crippen LogP contribution < -0.4 is 5.32 Å². The van der Waals surface area contributed by atoms with Crippen molar-refractivity contribution >= 4 is 33.1 Å². The molecule has 1 amide bonds. The zero-order chi connectivity index (χ0) is 18.4. The lowest BCUT2D eigenvalue weighted by Gasteiger charge is -2.30. The van der Waals surface area contributed by atoms with E-state index in [1.54, 1.807) is 24.3 Å². The molecule has 2 rings (SSSR count). The fourth-order valence-corrected chi connectivity index (χ4v) is 3.82. The topological polar surface area (TPSA) is 79.0 Å². The summed E-state index contributed by atoms with van der Waals surface area (Å²) in [6.07, 6.45) is 2.67. The molecule has 0 saturated carbocycles. The van der Waals surface area contributed by atoms with E-state index in [4.69, 9.17) is 17.0 Å². The highest BCUT2D eigenvalue weighted by Crippen LogP contribution is 2.21. The second-order valence-electron chi connectivity index (χ2n) is 5.75. The molecule has 1 aromatic rings. The lowest BCUT2D eigenvalue weighted by Crippen LogP contribution is -2.49. The van der Waals surface area contributed by atoms with Crippen LogP contribution in [0.5, 0.6) is 0 Å². The molecule has 7 nitrogen and oxygen atoms in total. The van der Waals surface area contributed by atoms with Crippen molar-refractivity contribution in [2.45, 2.75) is 17.7 Å². The van der Waals surface area contributed by atoms with Gasteiger partial charge >= 0.3 is 0 Å². The van der Waals surface area contributed by atoms with Crippen LogP contribution >= 0.6 is 12.2 Å². The summed E-state index contributed by atoms with van der Waals surface area (Å²) in [5.74, 6) is -0.362. The first-order valence-corrected chi connectivity index (χ1v) is 10.3. The van der Waals surface area contributed by atoms with E-state index in [0.29, 0.717) is 31.4 Å². The van der Waals surface area contributed by atoms with Gasteiger partial charge in [-0.3, -0.25) is 9.80 Å². The van der Waals surface area contributed by atoms with E-state index in [-0.39, 0.29) is 16.4 Å². The highest BCUT2D eigenvalue weighted by Gasteiger charge is 2.31. The lowest BCUT2D eigenvalue weighted by atomic mass is 10.2. The van der Waals surface area contributed by atoms with Crippen LogP contribution in [0.2, 0.25) is 0 Å². The summed E-state index contributed by atoms with van der Waals surface area (Å²) in [6, 6.07) is 6.25. The SMILES string of the molecule is COCCCNC(=S)N1CCCN1C(=O)c1ccccc1S(C)(=O)=O. The van der Waals surface area contributed by atoms with Crippen molar-refractivity contribution in [3.63, 3.8) is 0 Å². The van der Waals surface area contributed by atoms with E-state index in [1.807, 2.05) is 0 Å². The summed E-state index contributed by atoms with van der Waals surface area (Å²) < 4.78 is 28.9. The number of thiocarbonyl (C=S) groups is 1. The predicted molar refractivity (Wildman–Crippen MR) is 99.0 cm³/mol. The Hall–Kier alpha value is -1.71. The van der Waals surface area contributed by atoms with Gasteiger partial charge in [-0.05, 0) is 37.2 Å². The van der Waals surface area contributed by atoms with E-state index in [2.05, 4.69) is 5.32 Å².